The summed E-state index contributed by atoms with van der Waals surface area (Å²) < 4.78 is 9.92. The molecule has 9 heteroatoms. The molecule has 0 spiro atoms. The van der Waals surface area contributed by atoms with Crippen molar-refractivity contribution in [2.45, 2.75) is 12.2 Å². The molecule has 1 aliphatic carbocycles. The number of benzene rings is 1. The third kappa shape index (κ3) is 4.57. The summed E-state index contributed by atoms with van der Waals surface area (Å²) in [4.78, 5) is 36.5. The van der Waals surface area contributed by atoms with Crippen LogP contribution in [-0.2, 0) is 14.3 Å². The molecule has 8 nitrogen and oxygen atoms in total. The number of hydrogen-bond donors (Lipinski definition) is 2. The van der Waals surface area contributed by atoms with Gasteiger partial charge in [0, 0.05) is 17.2 Å². The van der Waals surface area contributed by atoms with Crippen LogP contribution in [0.4, 0.5) is 0 Å². The van der Waals surface area contributed by atoms with Crippen LogP contribution in [0.1, 0.15) is 20.7 Å². The van der Waals surface area contributed by atoms with Crippen LogP contribution in [-0.4, -0.2) is 53.2 Å². The van der Waals surface area contributed by atoms with Gasteiger partial charge in [-0.25, -0.2) is 4.79 Å². The van der Waals surface area contributed by atoms with E-state index in [0.717, 1.165) is 0 Å². The Bertz CT molecular complexity index is 828. The van der Waals surface area contributed by atoms with Crippen LogP contribution in [0.25, 0.3) is 0 Å². The molecule has 0 radical (unpaired) electrons. The van der Waals surface area contributed by atoms with E-state index in [1.165, 1.54) is 18.2 Å². The fourth-order valence-electron chi connectivity index (χ4n) is 2.77. The van der Waals surface area contributed by atoms with Crippen molar-refractivity contribution in [3.63, 3.8) is 0 Å². The Morgan fingerprint density at radius 2 is 1.89 bits per heavy atom. The minimum absolute atomic E-state index is 0. The molecule has 3 rings (SSSR count). The van der Waals surface area contributed by atoms with Gasteiger partial charge >= 0.3 is 57.4 Å². The molecule has 0 bridgehead atoms. The summed E-state index contributed by atoms with van der Waals surface area (Å²) in [7, 11) is 0. The second kappa shape index (κ2) is 9.24. The average Bonchev–Trinajstić information content (AvgIpc) is 3.10. The number of rotatable bonds is 5. The molecule has 1 aliphatic heterocycles. The van der Waals surface area contributed by atoms with Gasteiger partial charge in [-0.05, 0) is 6.08 Å². The fourth-order valence-corrected chi connectivity index (χ4v) is 2.77. The molecule has 1 aromatic rings. The Balaban J connectivity index is 0.00000261. The monoisotopic (exact) mass is 398 g/mol. The predicted octanol–water partition coefficient (Wildman–Crippen LogP) is -3.89. The topological polar surface area (TPSA) is 133 Å². The Morgan fingerprint density at radius 3 is 2.52 bits per heavy atom. The molecule has 0 aromatic heterocycles. The Hall–Kier alpha value is -1.33. The smallest absolute Gasteiger partial charge is 0.870 e. The van der Waals surface area contributed by atoms with Crippen LogP contribution in [0.2, 0.25) is 0 Å². The van der Waals surface area contributed by atoms with E-state index in [0.29, 0.717) is 6.08 Å². The fraction of sp³-hybridized carbons (Fsp3) is 0.278. The maximum absolute atomic E-state index is 12.5. The number of Topliss-reactive ketones (excluding diaryl/α,β-unsaturated/α-hetero) is 2. The molecule has 0 fully saturated rings. The molecule has 0 saturated carbocycles. The summed E-state index contributed by atoms with van der Waals surface area (Å²) >= 11 is 0. The number of carbonyl (C=O) groups excluding carboxylic acids is 3. The number of fused-ring (bicyclic) bond motifs is 2. The summed E-state index contributed by atoms with van der Waals surface area (Å²) in [6, 6.07) is 6.32. The molecule has 2 N–H and O–H groups in total. The number of aliphatic hydroxyl groups is 2. The molecule has 1 heterocycles. The summed E-state index contributed by atoms with van der Waals surface area (Å²) in [6.07, 6.45) is -0.553. The van der Waals surface area contributed by atoms with Crippen molar-refractivity contribution in [2.75, 3.05) is 13.2 Å². The first kappa shape index (κ1) is 22.0. The largest absolute Gasteiger partial charge is 1.00 e. The maximum atomic E-state index is 12.5. The molecule has 136 valence electrons. The Labute approximate surface area is 196 Å². The Morgan fingerprint density at radius 1 is 1.26 bits per heavy atom. The zero-order valence-electron chi connectivity index (χ0n) is 14.5. The van der Waals surface area contributed by atoms with Gasteiger partial charge in [-0.15, -0.1) is 0 Å². The quantitative estimate of drug-likeness (QED) is 0.223. The van der Waals surface area contributed by atoms with Gasteiger partial charge in [0.2, 0.25) is 5.78 Å². The second-order valence-electron chi connectivity index (χ2n) is 5.84. The first-order valence-electron chi connectivity index (χ1n) is 7.83. The van der Waals surface area contributed by atoms with Gasteiger partial charge in [0.05, 0.1) is 12.5 Å². The van der Waals surface area contributed by atoms with Crippen LogP contribution in [0.5, 0.6) is 0 Å². The standard InChI is InChI=1S/C18H16O8.K/c19-7-9(20)8-25-15(22)6-13(21)14-5-12-16(23)10-3-1-2-4-11(10)17(24)18(12)26-14;/h1-6,9,12,18-21H,7-8H2;/q;+1/p-1/b13-6-;. The van der Waals surface area contributed by atoms with Gasteiger partial charge in [-0.2, -0.15) is 0 Å². The van der Waals surface area contributed by atoms with Crippen LogP contribution in [0.15, 0.2) is 47.9 Å². The van der Waals surface area contributed by atoms with E-state index < -0.39 is 48.9 Å². The average molecular weight is 398 g/mol. The van der Waals surface area contributed by atoms with E-state index in [2.05, 4.69) is 4.74 Å². The molecule has 2 aliphatic rings. The summed E-state index contributed by atoms with van der Waals surface area (Å²) in [5.74, 6) is -3.83. The Kier molecular flexibility index (Phi) is 7.52. The second-order valence-corrected chi connectivity index (χ2v) is 5.84. The van der Waals surface area contributed by atoms with E-state index in [4.69, 9.17) is 14.9 Å². The van der Waals surface area contributed by atoms with Gasteiger partial charge in [0.25, 0.3) is 0 Å². The molecular formula is C18H15KO8. The molecule has 3 atom stereocenters. The van der Waals surface area contributed by atoms with Crippen LogP contribution in [0.3, 0.4) is 0 Å². The summed E-state index contributed by atoms with van der Waals surface area (Å²) in [6.45, 7) is -1.07. The van der Waals surface area contributed by atoms with Crippen molar-refractivity contribution in [3.05, 3.63) is 59.1 Å². The van der Waals surface area contributed by atoms with E-state index in [1.54, 1.807) is 12.1 Å². The molecule has 1 aromatic carbocycles. The van der Waals surface area contributed by atoms with Gasteiger partial charge in [0.1, 0.15) is 18.5 Å². The summed E-state index contributed by atoms with van der Waals surface area (Å²) in [5, 5.41) is 29.8. The number of ketones is 2. The zero-order chi connectivity index (χ0) is 18.8. The van der Waals surface area contributed by atoms with Crippen molar-refractivity contribution in [3.8, 4) is 0 Å². The zero-order valence-corrected chi connectivity index (χ0v) is 17.6. The number of esters is 1. The molecule has 27 heavy (non-hydrogen) atoms. The number of hydrogen-bond acceptors (Lipinski definition) is 8. The maximum Gasteiger partial charge on any atom is 1.00 e. The van der Waals surface area contributed by atoms with Crippen molar-refractivity contribution in [2.24, 2.45) is 5.92 Å². The van der Waals surface area contributed by atoms with E-state index in [1.807, 2.05) is 0 Å². The molecule has 3 unspecified atom stereocenters. The number of aliphatic hydroxyl groups excluding tert-OH is 2. The van der Waals surface area contributed by atoms with Crippen molar-refractivity contribution in [1.82, 2.24) is 0 Å². The number of ether oxygens (including phenoxy) is 2. The third-order valence-electron chi connectivity index (χ3n) is 4.05. The third-order valence-corrected chi connectivity index (χ3v) is 4.05. The van der Waals surface area contributed by atoms with E-state index >= 15 is 0 Å². The van der Waals surface area contributed by atoms with Gasteiger partial charge in [-0.3, -0.25) is 9.59 Å². The molecule has 0 saturated heterocycles. The van der Waals surface area contributed by atoms with Gasteiger partial charge < -0.3 is 24.8 Å². The minimum Gasteiger partial charge on any atom is -0.870 e. The van der Waals surface area contributed by atoms with Crippen molar-refractivity contribution in [1.29, 1.82) is 0 Å². The molecule has 0 amide bonds. The van der Waals surface area contributed by atoms with E-state index in [-0.39, 0.29) is 74.1 Å². The van der Waals surface area contributed by atoms with Crippen LogP contribution in [0, 0.1) is 5.92 Å². The van der Waals surface area contributed by atoms with Gasteiger partial charge in [-0.1, -0.05) is 30.0 Å². The van der Waals surface area contributed by atoms with E-state index in [9.17, 15) is 19.5 Å². The SMILES string of the molecule is O=C(/C=C(\[O-])C1=CC2C(=O)c3ccccc3C(=O)C2O1)OCC(O)CO.[K+]. The van der Waals surface area contributed by atoms with Crippen LogP contribution >= 0.6 is 0 Å². The summed E-state index contributed by atoms with van der Waals surface area (Å²) in [5.41, 5.74) is 0.510. The van der Waals surface area contributed by atoms with Crippen LogP contribution < -0.4 is 56.5 Å². The molecular weight excluding hydrogens is 383 g/mol. The number of carbonyl (C=O) groups is 3. The van der Waals surface area contributed by atoms with Gasteiger partial charge in [0.15, 0.2) is 11.9 Å². The normalized spacial score (nSPS) is 22.0. The van der Waals surface area contributed by atoms with Crippen molar-refractivity contribution >= 4 is 17.5 Å². The predicted molar refractivity (Wildman–Crippen MR) is 83.7 cm³/mol. The minimum atomic E-state index is -1.25. The first-order valence-corrected chi connectivity index (χ1v) is 7.83. The first-order chi connectivity index (χ1) is 12.4. The van der Waals surface area contributed by atoms with Crippen molar-refractivity contribution < 1.29 is 90.6 Å².